The van der Waals surface area contributed by atoms with E-state index in [9.17, 15) is 9.18 Å². The molecule has 2 N–H and O–H groups in total. The van der Waals surface area contributed by atoms with E-state index in [1.54, 1.807) is 0 Å². The van der Waals surface area contributed by atoms with E-state index in [1.807, 2.05) is 36.1 Å². The summed E-state index contributed by atoms with van der Waals surface area (Å²) in [5.41, 5.74) is 8.32. The standard InChI is InChI=1S/C21H25BrFN5O/c1-13-10-17(23)19-18(13)20(26-12-25-19)27-6-8-28(9-7-27)21(29)16(11-24)14-2-4-15(22)5-3-14/h2-5,12-13,16-17H,6-11,24H2,1H3/t13-,16-,17+/m1/s1. The maximum Gasteiger partial charge on any atom is 0.231 e. The van der Waals surface area contributed by atoms with E-state index in [1.165, 1.54) is 6.33 Å². The first kappa shape index (κ1) is 20.2. The van der Waals surface area contributed by atoms with Crippen molar-refractivity contribution in [1.29, 1.82) is 0 Å². The van der Waals surface area contributed by atoms with Crippen LogP contribution in [0.5, 0.6) is 0 Å². The van der Waals surface area contributed by atoms with Crippen molar-refractivity contribution in [3.05, 3.63) is 51.9 Å². The lowest BCUT2D eigenvalue weighted by atomic mass is 9.97. The second-order valence-electron chi connectivity index (χ2n) is 7.75. The highest BCUT2D eigenvalue weighted by Crippen LogP contribution is 2.44. The molecule has 1 fully saturated rings. The Labute approximate surface area is 178 Å². The second-order valence-corrected chi connectivity index (χ2v) is 8.67. The summed E-state index contributed by atoms with van der Waals surface area (Å²) in [6.07, 6.45) is 0.903. The zero-order chi connectivity index (χ0) is 20.5. The summed E-state index contributed by atoms with van der Waals surface area (Å²) < 4.78 is 15.2. The molecule has 154 valence electrons. The van der Waals surface area contributed by atoms with Gasteiger partial charge in [0, 0.05) is 42.8 Å². The summed E-state index contributed by atoms with van der Waals surface area (Å²) >= 11 is 3.42. The fourth-order valence-electron chi connectivity index (χ4n) is 4.35. The van der Waals surface area contributed by atoms with E-state index in [-0.39, 0.29) is 24.3 Å². The zero-order valence-electron chi connectivity index (χ0n) is 16.4. The van der Waals surface area contributed by atoms with Gasteiger partial charge in [0.15, 0.2) is 0 Å². The fraction of sp³-hybridized carbons (Fsp3) is 0.476. The van der Waals surface area contributed by atoms with Gasteiger partial charge < -0.3 is 15.5 Å². The molecule has 1 amide bonds. The van der Waals surface area contributed by atoms with Crippen LogP contribution in [0.15, 0.2) is 35.1 Å². The van der Waals surface area contributed by atoms with Crippen molar-refractivity contribution in [2.24, 2.45) is 5.73 Å². The van der Waals surface area contributed by atoms with Crippen LogP contribution in [-0.2, 0) is 4.79 Å². The molecule has 0 unspecified atom stereocenters. The van der Waals surface area contributed by atoms with Gasteiger partial charge in [0.05, 0.1) is 11.6 Å². The normalized spacial score (nSPS) is 22.5. The highest BCUT2D eigenvalue weighted by atomic mass is 79.9. The molecule has 0 saturated carbocycles. The van der Waals surface area contributed by atoms with Crippen LogP contribution in [0.25, 0.3) is 0 Å². The molecule has 4 rings (SSSR count). The number of piperazine rings is 1. The number of nitrogens with two attached hydrogens (primary N) is 1. The molecule has 0 bridgehead atoms. The Kier molecular flexibility index (Phi) is 5.83. The Hall–Kier alpha value is -2.06. The largest absolute Gasteiger partial charge is 0.353 e. The quantitative estimate of drug-likeness (QED) is 0.756. The number of anilines is 1. The summed E-state index contributed by atoms with van der Waals surface area (Å²) in [7, 11) is 0. The molecule has 1 aliphatic heterocycles. The summed E-state index contributed by atoms with van der Waals surface area (Å²) in [6.45, 7) is 4.81. The number of hydrogen-bond donors (Lipinski definition) is 1. The number of rotatable bonds is 4. The molecular formula is C21H25BrFN5O. The lowest BCUT2D eigenvalue weighted by Gasteiger charge is -2.37. The van der Waals surface area contributed by atoms with Crippen molar-refractivity contribution in [2.75, 3.05) is 37.6 Å². The first-order chi connectivity index (χ1) is 14.0. The lowest BCUT2D eigenvalue weighted by molar-refractivity contribution is -0.132. The van der Waals surface area contributed by atoms with Crippen LogP contribution in [-0.4, -0.2) is 53.5 Å². The van der Waals surface area contributed by atoms with Crippen molar-refractivity contribution >= 4 is 27.7 Å². The lowest BCUT2D eigenvalue weighted by Crippen LogP contribution is -2.51. The van der Waals surface area contributed by atoms with Crippen molar-refractivity contribution in [3.63, 3.8) is 0 Å². The Morgan fingerprint density at radius 2 is 1.93 bits per heavy atom. The van der Waals surface area contributed by atoms with Crippen LogP contribution < -0.4 is 10.6 Å². The minimum atomic E-state index is -1.01. The Balaban J connectivity index is 1.46. The fourth-order valence-corrected chi connectivity index (χ4v) is 4.61. The maximum absolute atomic E-state index is 14.2. The van der Waals surface area contributed by atoms with Gasteiger partial charge >= 0.3 is 0 Å². The molecule has 29 heavy (non-hydrogen) atoms. The molecule has 8 heteroatoms. The molecule has 1 aliphatic carbocycles. The Morgan fingerprint density at radius 3 is 2.59 bits per heavy atom. The SMILES string of the molecule is C[C@@H]1C[C@H](F)c2ncnc(N3CCN(C(=O)[C@H](CN)c4ccc(Br)cc4)CC3)c21. The average molecular weight is 462 g/mol. The summed E-state index contributed by atoms with van der Waals surface area (Å²) in [6, 6.07) is 7.74. The minimum absolute atomic E-state index is 0.0552. The third-order valence-electron chi connectivity index (χ3n) is 5.94. The predicted octanol–water partition coefficient (Wildman–Crippen LogP) is 3.15. The third-order valence-corrected chi connectivity index (χ3v) is 6.47. The van der Waals surface area contributed by atoms with Crippen LogP contribution in [0.4, 0.5) is 10.2 Å². The van der Waals surface area contributed by atoms with Gasteiger partial charge in [-0.1, -0.05) is 35.0 Å². The van der Waals surface area contributed by atoms with Gasteiger partial charge in [-0.2, -0.15) is 0 Å². The van der Waals surface area contributed by atoms with Crippen LogP contribution in [0.2, 0.25) is 0 Å². The number of alkyl halides is 1. The highest BCUT2D eigenvalue weighted by Gasteiger charge is 2.35. The zero-order valence-corrected chi connectivity index (χ0v) is 18.0. The second kappa shape index (κ2) is 8.36. The molecule has 1 aromatic carbocycles. The monoisotopic (exact) mass is 461 g/mol. The molecule has 1 saturated heterocycles. The number of hydrogen-bond acceptors (Lipinski definition) is 5. The molecule has 6 nitrogen and oxygen atoms in total. The van der Waals surface area contributed by atoms with Crippen molar-refractivity contribution < 1.29 is 9.18 Å². The summed E-state index contributed by atoms with van der Waals surface area (Å²) in [5, 5.41) is 0. The van der Waals surface area contributed by atoms with Crippen LogP contribution in [0.3, 0.4) is 0 Å². The molecule has 2 aliphatic rings. The van der Waals surface area contributed by atoms with E-state index >= 15 is 0 Å². The van der Waals surface area contributed by atoms with Gasteiger partial charge in [-0.3, -0.25) is 4.79 Å². The van der Waals surface area contributed by atoms with E-state index in [0.717, 1.165) is 21.4 Å². The topological polar surface area (TPSA) is 75.4 Å². The van der Waals surface area contributed by atoms with E-state index in [4.69, 9.17) is 5.73 Å². The smallest absolute Gasteiger partial charge is 0.231 e. The predicted molar refractivity (Wildman–Crippen MR) is 114 cm³/mol. The number of carbonyl (C=O) groups is 1. The number of aromatic nitrogens is 2. The van der Waals surface area contributed by atoms with Crippen molar-refractivity contribution in [3.8, 4) is 0 Å². The van der Waals surface area contributed by atoms with Crippen molar-refractivity contribution in [1.82, 2.24) is 14.9 Å². The summed E-state index contributed by atoms with van der Waals surface area (Å²) in [4.78, 5) is 25.7. The van der Waals surface area contributed by atoms with Gasteiger partial charge in [-0.05, 0) is 30.0 Å². The number of amides is 1. The van der Waals surface area contributed by atoms with Crippen LogP contribution in [0.1, 0.15) is 48.2 Å². The van der Waals surface area contributed by atoms with Gasteiger partial charge in [0.1, 0.15) is 18.3 Å². The first-order valence-corrected chi connectivity index (χ1v) is 10.8. The molecular weight excluding hydrogens is 437 g/mol. The number of carbonyl (C=O) groups excluding carboxylic acids is 1. The molecule has 2 heterocycles. The molecule has 0 spiro atoms. The molecule has 0 radical (unpaired) electrons. The number of nitrogens with zero attached hydrogens (tertiary/aromatic N) is 4. The van der Waals surface area contributed by atoms with Gasteiger partial charge in [0.2, 0.25) is 5.91 Å². The number of benzene rings is 1. The Bertz CT molecular complexity index is 885. The average Bonchev–Trinajstić information content (AvgIpc) is 3.04. The third kappa shape index (κ3) is 3.88. The highest BCUT2D eigenvalue weighted by molar-refractivity contribution is 9.10. The first-order valence-electron chi connectivity index (χ1n) is 9.97. The molecule has 3 atom stereocenters. The number of halogens is 2. The van der Waals surface area contributed by atoms with E-state index < -0.39 is 6.17 Å². The Morgan fingerprint density at radius 1 is 1.24 bits per heavy atom. The van der Waals surface area contributed by atoms with Gasteiger partial charge in [-0.15, -0.1) is 0 Å². The van der Waals surface area contributed by atoms with Crippen molar-refractivity contribution in [2.45, 2.75) is 31.4 Å². The van der Waals surface area contributed by atoms with Crippen LogP contribution in [0, 0.1) is 0 Å². The van der Waals surface area contributed by atoms with Gasteiger partial charge in [0.25, 0.3) is 0 Å². The minimum Gasteiger partial charge on any atom is -0.353 e. The van der Waals surface area contributed by atoms with Gasteiger partial charge in [-0.25, -0.2) is 14.4 Å². The molecule has 2 aromatic rings. The van der Waals surface area contributed by atoms with E-state index in [0.29, 0.717) is 38.3 Å². The molecule has 1 aromatic heterocycles. The van der Waals surface area contributed by atoms with Crippen LogP contribution >= 0.6 is 15.9 Å². The summed E-state index contributed by atoms with van der Waals surface area (Å²) in [5.74, 6) is 0.637. The maximum atomic E-state index is 14.2. The van der Waals surface area contributed by atoms with E-state index in [2.05, 4.69) is 30.8 Å². The number of fused-ring (bicyclic) bond motifs is 1.